The monoisotopic (exact) mass is 302 g/mol. The van der Waals surface area contributed by atoms with Gasteiger partial charge in [-0.3, -0.25) is 4.79 Å². The van der Waals surface area contributed by atoms with Crippen LogP contribution >= 0.6 is 0 Å². The van der Waals surface area contributed by atoms with Crippen molar-refractivity contribution >= 4 is 5.91 Å². The summed E-state index contributed by atoms with van der Waals surface area (Å²) in [4.78, 5) is 18.4. The van der Waals surface area contributed by atoms with Crippen molar-refractivity contribution in [3.63, 3.8) is 0 Å². The fraction of sp³-hybridized carbons (Fsp3) is 0.667. The summed E-state index contributed by atoms with van der Waals surface area (Å²) in [6.45, 7) is 3.37. The lowest BCUT2D eigenvalue weighted by atomic mass is 9.86. The molecule has 4 nitrogen and oxygen atoms in total. The summed E-state index contributed by atoms with van der Waals surface area (Å²) in [5.74, 6) is 1.74. The van der Waals surface area contributed by atoms with Crippen LogP contribution in [0, 0.1) is 12.8 Å². The van der Waals surface area contributed by atoms with Crippen LogP contribution in [0.4, 0.5) is 0 Å². The van der Waals surface area contributed by atoms with Crippen LogP contribution in [-0.2, 0) is 4.79 Å². The number of carbonyl (C=O) groups is 1. The maximum atomic E-state index is 12.2. The smallest absolute Gasteiger partial charge is 0.222 e. The normalized spacial score (nSPS) is 19.8. The summed E-state index contributed by atoms with van der Waals surface area (Å²) < 4.78 is 5.80. The summed E-state index contributed by atoms with van der Waals surface area (Å²) >= 11 is 0. The van der Waals surface area contributed by atoms with Gasteiger partial charge < -0.3 is 9.64 Å². The summed E-state index contributed by atoms with van der Waals surface area (Å²) in [6.07, 6.45) is 8.59. The van der Waals surface area contributed by atoms with Crippen LogP contribution < -0.4 is 4.74 Å². The lowest BCUT2D eigenvalue weighted by Crippen LogP contribution is -2.56. The number of nitrogens with zero attached hydrogens (tertiary/aromatic N) is 2. The number of likely N-dealkylation sites (tertiary alicyclic amines) is 1. The number of ether oxygens (including phenoxy) is 1. The highest BCUT2D eigenvalue weighted by Gasteiger charge is 2.32. The molecule has 1 saturated heterocycles. The van der Waals surface area contributed by atoms with E-state index >= 15 is 0 Å². The molecule has 2 fully saturated rings. The summed E-state index contributed by atoms with van der Waals surface area (Å²) in [5, 5.41) is 0. The highest BCUT2D eigenvalue weighted by molar-refractivity contribution is 5.77. The minimum Gasteiger partial charge on any atom is -0.471 e. The number of hydrogen-bond acceptors (Lipinski definition) is 3. The SMILES string of the molecule is Cc1cccc(OC2CN(C(=O)CCC3CCCCC3)C2)n1. The van der Waals surface area contributed by atoms with Gasteiger partial charge in [0.1, 0.15) is 6.10 Å². The van der Waals surface area contributed by atoms with Crippen molar-refractivity contribution in [3.05, 3.63) is 23.9 Å². The molecule has 2 aliphatic rings. The minimum absolute atomic E-state index is 0.105. The van der Waals surface area contributed by atoms with E-state index in [1.807, 2.05) is 30.0 Å². The van der Waals surface area contributed by atoms with E-state index in [9.17, 15) is 4.79 Å². The van der Waals surface area contributed by atoms with Crippen molar-refractivity contribution in [1.82, 2.24) is 9.88 Å². The first-order valence-corrected chi connectivity index (χ1v) is 8.59. The lowest BCUT2D eigenvalue weighted by molar-refractivity contribution is -0.140. The molecule has 0 spiro atoms. The van der Waals surface area contributed by atoms with Gasteiger partial charge in [-0.15, -0.1) is 0 Å². The van der Waals surface area contributed by atoms with Crippen molar-refractivity contribution in [2.45, 2.75) is 58.0 Å². The molecule has 1 aromatic heterocycles. The third kappa shape index (κ3) is 3.99. The van der Waals surface area contributed by atoms with Crippen LogP contribution in [0.3, 0.4) is 0 Å². The Morgan fingerprint density at radius 3 is 2.77 bits per heavy atom. The molecule has 1 aromatic rings. The molecule has 0 N–H and O–H groups in total. The van der Waals surface area contributed by atoms with E-state index < -0.39 is 0 Å². The van der Waals surface area contributed by atoms with Crippen molar-refractivity contribution < 1.29 is 9.53 Å². The van der Waals surface area contributed by atoms with Gasteiger partial charge in [0.05, 0.1) is 13.1 Å². The van der Waals surface area contributed by atoms with Crippen LogP contribution in [0.5, 0.6) is 5.88 Å². The van der Waals surface area contributed by atoms with Gasteiger partial charge in [0.2, 0.25) is 11.8 Å². The molecule has 1 saturated carbocycles. The molecule has 0 atom stereocenters. The standard InChI is InChI=1S/C18H26N2O2/c1-14-6-5-9-17(19-14)22-16-12-20(13-16)18(21)11-10-15-7-3-2-4-8-15/h5-6,9,15-16H,2-4,7-8,10-13H2,1H3. The average molecular weight is 302 g/mol. The van der Waals surface area contributed by atoms with E-state index in [1.54, 1.807) is 0 Å². The fourth-order valence-electron chi connectivity index (χ4n) is 3.43. The fourth-order valence-corrected chi connectivity index (χ4v) is 3.43. The Morgan fingerprint density at radius 1 is 1.27 bits per heavy atom. The van der Waals surface area contributed by atoms with E-state index in [0.29, 0.717) is 31.3 Å². The number of pyridine rings is 1. The Hall–Kier alpha value is -1.58. The van der Waals surface area contributed by atoms with Crippen molar-refractivity contribution in [1.29, 1.82) is 0 Å². The number of aryl methyl sites for hydroxylation is 1. The van der Waals surface area contributed by atoms with Crippen LogP contribution in [0.2, 0.25) is 0 Å². The van der Waals surface area contributed by atoms with Gasteiger partial charge in [-0.25, -0.2) is 4.98 Å². The maximum absolute atomic E-state index is 12.2. The van der Waals surface area contributed by atoms with Crippen molar-refractivity contribution in [2.24, 2.45) is 5.92 Å². The molecule has 4 heteroatoms. The zero-order valence-electron chi connectivity index (χ0n) is 13.5. The molecule has 0 aromatic carbocycles. The Labute approximate surface area is 132 Å². The van der Waals surface area contributed by atoms with Crippen molar-refractivity contribution in [3.8, 4) is 5.88 Å². The zero-order chi connectivity index (χ0) is 15.4. The van der Waals surface area contributed by atoms with Gasteiger partial charge in [0.15, 0.2) is 0 Å². The predicted octanol–water partition coefficient (Wildman–Crippen LogP) is 3.34. The molecule has 3 rings (SSSR count). The third-order valence-corrected chi connectivity index (χ3v) is 4.84. The molecular formula is C18H26N2O2. The molecule has 1 aliphatic heterocycles. The molecule has 0 radical (unpaired) electrons. The van der Waals surface area contributed by atoms with E-state index in [-0.39, 0.29) is 6.10 Å². The number of rotatable bonds is 5. The number of hydrogen-bond donors (Lipinski definition) is 0. The Kier molecular flexibility index (Phi) is 4.96. The van der Waals surface area contributed by atoms with Crippen molar-refractivity contribution in [2.75, 3.05) is 13.1 Å². The van der Waals surface area contributed by atoms with Crippen LogP contribution in [0.15, 0.2) is 18.2 Å². The Morgan fingerprint density at radius 2 is 2.05 bits per heavy atom. The molecule has 22 heavy (non-hydrogen) atoms. The second-order valence-corrected chi connectivity index (χ2v) is 6.70. The van der Waals surface area contributed by atoms with E-state index in [2.05, 4.69) is 4.98 Å². The second kappa shape index (κ2) is 7.12. The minimum atomic E-state index is 0.105. The zero-order valence-corrected chi connectivity index (χ0v) is 13.5. The van der Waals surface area contributed by atoms with Gasteiger partial charge in [0, 0.05) is 18.2 Å². The molecule has 1 amide bonds. The van der Waals surface area contributed by atoms with E-state index in [4.69, 9.17) is 4.74 Å². The van der Waals surface area contributed by atoms with E-state index in [0.717, 1.165) is 18.0 Å². The number of carbonyl (C=O) groups excluding carboxylic acids is 1. The first kappa shape index (κ1) is 15.3. The van der Waals surface area contributed by atoms with Gasteiger partial charge in [0.25, 0.3) is 0 Å². The highest BCUT2D eigenvalue weighted by atomic mass is 16.5. The number of amides is 1. The van der Waals surface area contributed by atoms with E-state index in [1.165, 1.54) is 32.1 Å². The van der Waals surface area contributed by atoms with Gasteiger partial charge in [-0.05, 0) is 25.3 Å². The first-order chi connectivity index (χ1) is 10.7. The first-order valence-electron chi connectivity index (χ1n) is 8.59. The van der Waals surface area contributed by atoms with Gasteiger partial charge in [-0.2, -0.15) is 0 Å². The Bertz CT molecular complexity index is 506. The van der Waals surface area contributed by atoms with Gasteiger partial charge >= 0.3 is 0 Å². The topological polar surface area (TPSA) is 42.4 Å². The van der Waals surface area contributed by atoms with Crippen LogP contribution in [0.25, 0.3) is 0 Å². The summed E-state index contributed by atoms with van der Waals surface area (Å²) in [5.41, 5.74) is 0.956. The molecule has 0 unspecified atom stereocenters. The third-order valence-electron chi connectivity index (χ3n) is 4.84. The quantitative estimate of drug-likeness (QED) is 0.838. The predicted molar refractivity (Wildman–Crippen MR) is 85.8 cm³/mol. The highest BCUT2D eigenvalue weighted by Crippen LogP contribution is 2.28. The van der Waals surface area contributed by atoms with Crippen LogP contribution in [-0.4, -0.2) is 35.0 Å². The molecule has 1 aliphatic carbocycles. The number of aromatic nitrogens is 1. The Balaban J connectivity index is 1.36. The molecule has 120 valence electrons. The lowest BCUT2D eigenvalue weighted by Gasteiger charge is -2.39. The van der Waals surface area contributed by atoms with Gasteiger partial charge in [-0.1, -0.05) is 38.2 Å². The largest absolute Gasteiger partial charge is 0.471 e. The molecular weight excluding hydrogens is 276 g/mol. The second-order valence-electron chi connectivity index (χ2n) is 6.70. The van der Waals surface area contributed by atoms with Crippen LogP contribution in [0.1, 0.15) is 50.6 Å². The summed E-state index contributed by atoms with van der Waals surface area (Å²) in [6, 6.07) is 5.78. The maximum Gasteiger partial charge on any atom is 0.222 e. The summed E-state index contributed by atoms with van der Waals surface area (Å²) in [7, 11) is 0. The average Bonchev–Trinajstić information content (AvgIpc) is 2.49. The molecule has 0 bridgehead atoms. The molecule has 2 heterocycles.